The van der Waals surface area contributed by atoms with E-state index < -0.39 is 0 Å². The van der Waals surface area contributed by atoms with E-state index in [0.29, 0.717) is 0 Å². The van der Waals surface area contributed by atoms with Crippen molar-refractivity contribution in [3.8, 4) is 33.5 Å². The van der Waals surface area contributed by atoms with Gasteiger partial charge in [-0.15, -0.1) is 0 Å². The second-order valence-corrected chi connectivity index (χ2v) is 11.7. The fourth-order valence-corrected chi connectivity index (χ4v) is 7.10. The van der Waals surface area contributed by atoms with E-state index in [2.05, 4.69) is 115 Å². The van der Waals surface area contributed by atoms with Gasteiger partial charge in [-0.25, -0.2) is 4.98 Å². The SMILES string of the molecule is CC1(C)c2cc(-c3ccc(-c4cn5ccccc5n4)cc3)ccc2-c2c1cc1ccc3cccc4ccc2c1c34. The van der Waals surface area contributed by atoms with Crippen LogP contribution in [0.4, 0.5) is 0 Å². The summed E-state index contributed by atoms with van der Waals surface area (Å²) in [5.41, 5.74) is 11.1. The maximum atomic E-state index is 4.79. The molecule has 0 saturated carbocycles. The molecule has 1 aliphatic rings. The quantitative estimate of drug-likeness (QED) is 0.212. The lowest BCUT2D eigenvalue weighted by atomic mass is 9.80. The lowest BCUT2D eigenvalue weighted by Crippen LogP contribution is -2.15. The van der Waals surface area contributed by atoms with Gasteiger partial charge in [-0.3, -0.25) is 0 Å². The number of benzene rings is 6. The Hall–Kier alpha value is -4.95. The van der Waals surface area contributed by atoms with Crippen LogP contribution in [0.3, 0.4) is 0 Å². The number of nitrogens with zero attached hydrogens (tertiary/aromatic N) is 2. The molecule has 0 aliphatic heterocycles. The van der Waals surface area contributed by atoms with E-state index in [4.69, 9.17) is 4.98 Å². The first kappa shape index (κ1) is 21.9. The van der Waals surface area contributed by atoms with Gasteiger partial charge in [0.1, 0.15) is 5.65 Å². The molecule has 0 fully saturated rings. The van der Waals surface area contributed by atoms with E-state index in [1.165, 1.54) is 65.7 Å². The third-order valence-corrected chi connectivity index (χ3v) is 9.16. The van der Waals surface area contributed by atoms with Crippen molar-refractivity contribution < 1.29 is 0 Å². The summed E-state index contributed by atoms with van der Waals surface area (Å²) >= 11 is 0. The summed E-state index contributed by atoms with van der Waals surface area (Å²) in [5.74, 6) is 0. The molecule has 0 amide bonds. The van der Waals surface area contributed by atoms with Gasteiger partial charge in [-0.2, -0.15) is 0 Å². The Kier molecular flexibility index (Phi) is 4.15. The summed E-state index contributed by atoms with van der Waals surface area (Å²) in [6, 6.07) is 40.3. The Morgan fingerprint density at radius 3 is 2.17 bits per heavy atom. The third-order valence-electron chi connectivity index (χ3n) is 9.16. The van der Waals surface area contributed by atoms with Crippen molar-refractivity contribution in [3.05, 3.63) is 133 Å². The number of fused-ring (bicyclic) bond motifs is 5. The van der Waals surface area contributed by atoms with Gasteiger partial charge in [0.15, 0.2) is 0 Å². The van der Waals surface area contributed by atoms with Crippen molar-refractivity contribution >= 4 is 38.0 Å². The van der Waals surface area contributed by atoms with Gasteiger partial charge in [0.2, 0.25) is 0 Å². The summed E-state index contributed by atoms with van der Waals surface area (Å²) in [7, 11) is 0. The number of hydrogen-bond donors (Lipinski definition) is 0. The van der Waals surface area contributed by atoms with Crippen LogP contribution in [0.5, 0.6) is 0 Å². The predicted molar refractivity (Wildman–Crippen MR) is 167 cm³/mol. The largest absolute Gasteiger partial charge is 0.306 e. The van der Waals surface area contributed by atoms with Crippen molar-refractivity contribution in [1.82, 2.24) is 9.38 Å². The highest BCUT2D eigenvalue weighted by Crippen LogP contribution is 2.54. The van der Waals surface area contributed by atoms with E-state index in [-0.39, 0.29) is 5.41 Å². The molecule has 2 aromatic heterocycles. The van der Waals surface area contributed by atoms with Crippen LogP contribution in [0.25, 0.3) is 71.5 Å². The highest BCUT2D eigenvalue weighted by molar-refractivity contribution is 6.26. The molecule has 0 unspecified atom stereocenters. The molecule has 1 aliphatic carbocycles. The van der Waals surface area contributed by atoms with E-state index in [1.54, 1.807) is 0 Å². The number of rotatable bonds is 2. The highest BCUT2D eigenvalue weighted by Gasteiger charge is 2.37. The van der Waals surface area contributed by atoms with Crippen LogP contribution in [-0.4, -0.2) is 9.38 Å². The van der Waals surface area contributed by atoms with Crippen molar-refractivity contribution in [2.24, 2.45) is 0 Å². The standard InChI is InChI=1S/C38H26N2/c1-38(2)31-20-27(23-9-11-24(12-10-23)33-22-40-19-4-3-8-34(40)39-33)16-17-29(31)37-30-18-15-26-7-5-6-25-13-14-28(21-32(37)38)36(30)35(25)26/h3-22H,1-2H3. The maximum Gasteiger partial charge on any atom is 0.137 e. The van der Waals surface area contributed by atoms with Crippen molar-refractivity contribution in [3.63, 3.8) is 0 Å². The van der Waals surface area contributed by atoms with Crippen LogP contribution < -0.4 is 0 Å². The molecule has 0 N–H and O–H groups in total. The minimum atomic E-state index is -0.0817. The molecule has 188 valence electrons. The summed E-state index contributed by atoms with van der Waals surface area (Å²) < 4.78 is 2.07. The molecule has 2 heteroatoms. The zero-order chi connectivity index (χ0) is 26.6. The molecule has 2 nitrogen and oxygen atoms in total. The average Bonchev–Trinajstić information content (AvgIpc) is 3.52. The van der Waals surface area contributed by atoms with Crippen LogP contribution >= 0.6 is 0 Å². The van der Waals surface area contributed by atoms with Crippen LogP contribution in [0.15, 0.2) is 122 Å². The summed E-state index contributed by atoms with van der Waals surface area (Å²) in [4.78, 5) is 4.79. The van der Waals surface area contributed by atoms with Gasteiger partial charge in [0.25, 0.3) is 0 Å². The first-order valence-corrected chi connectivity index (χ1v) is 14.0. The maximum absolute atomic E-state index is 4.79. The Labute approximate surface area is 232 Å². The first-order chi connectivity index (χ1) is 19.6. The molecule has 0 radical (unpaired) electrons. The Balaban J connectivity index is 1.19. The fraction of sp³-hybridized carbons (Fsp3) is 0.0789. The molecule has 0 bridgehead atoms. The third kappa shape index (κ3) is 2.85. The molecule has 2 heterocycles. The van der Waals surface area contributed by atoms with E-state index >= 15 is 0 Å². The van der Waals surface area contributed by atoms with Crippen molar-refractivity contribution in [2.45, 2.75) is 19.3 Å². The van der Waals surface area contributed by atoms with E-state index in [1.807, 2.05) is 24.4 Å². The smallest absolute Gasteiger partial charge is 0.137 e. The topological polar surface area (TPSA) is 17.3 Å². The number of pyridine rings is 1. The normalized spacial score (nSPS) is 13.9. The molecular weight excluding hydrogens is 484 g/mol. The van der Waals surface area contributed by atoms with Gasteiger partial charge >= 0.3 is 0 Å². The molecule has 6 aromatic carbocycles. The van der Waals surface area contributed by atoms with Crippen LogP contribution in [0.2, 0.25) is 0 Å². The predicted octanol–water partition coefficient (Wildman–Crippen LogP) is 9.87. The molecular formula is C38H26N2. The number of imidazole rings is 1. The molecule has 8 aromatic rings. The summed E-state index contributed by atoms with van der Waals surface area (Å²) in [6.45, 7) is 4.76. The minimum absolute atomic E-state index is 0.0817. The zero-order valence-corrected chi connectivity index (χ0v) is 22.4. The molecule has 0 spiro atoms. The molecule has 0 saturated heterocycles. The zero-order valence-electron chi connectivity index (χ0n) is 22.4. The monoisotopic (exact) mass is 510 g/mol. The Bertz CT molecular complexity index is 2230. The Morgan fingerprint density at radius 1 is 0.600 bits per heavy atom. The molecule has 0 atom stereocenters. The van der Waals surface area contributed by atoms with Crippen molar-refractivity contribution in [1.29, 1.82) is 0 Å². The van der Waals surface area contributed by atoms with Crippen LogP contribution in [-0.2, 0) is 5.41 Å². The van der Waals surface area contributed by atoms with Crippen LogP contribution in [0.1, 0.15) is 25.0 Å². The number of hydrogen-bond acceptors (Lipinski definition) is 1. The van der Waals surface area contributed by atoms with Crippen LogP contribution in [0, 0.1) is 0 Å². The van der Waals surface area contributed by atoms with Gasteiger partial charge in [0.05, 0.1) is 5.69 Å². The van der Waals surface area contributed by atoms with E-state index in [0.717, 1.165) is 16.9 Å². The lowest BCUT2D eigenvalue weighted by Gasteiger charge is -2.23. The van der Waals surface area contributed by atoms with E-state index in [9.17, 15) is 0 Å². The van der Waals surface area contributed by atoms with Crippen molar-refractivity contribution in [2.75, 3.05) is 0 Å². The van der Waals surface area contributed by atoms with Gasteiger partial charge in [-0.05, 0) is 90.0 Å². The molecule has 9 rings (SSSR count). The Morgan fingerprint density at radius 2 is 1.35 bits per heavy atom. The van der Waals surface area contributed by atoms with Gasteiger partial charge < -0.3 is 4.40 Å². The summed E-state index contributed by atoms with van der Waals surface area (Å²) in [6.07, 6.45) is 4.13. The first-order valence-electron chi connectivity index (χ1n) is 14.0. The fourth-order valence-electron chi connectivity index (χ4n) is 7.10. The second kappa shape index (κ2) is 7.58. The second-order valence-electron chi connectivity index (χ2n) is 11.7. The lowest BCUT2D eigenvalue weighted by molar-refractivity contribution is 0.661. The average molecular weight is 511 g/mol. The minimum Gasteiger partial charge on any atom is -0.306 e. The van der Waals surface area contributed by atoms with Gasteiger partial charge in [0, 0.05) is 23.4 Å². The molecule has 40 heavy (non-hydrogen) atoms. The number of aromatic nitrogens is 2. The summed E-state index contributed by atoms with van der Waals surface area (Å²) in [5, 5.41) is 8.11. The van der Waals surface area contributed by atoms with Gasteiger partial charge in [-0.1, -0.05) is 98.8 Å². The highest BCUT2D eigenvalue weighted by atomic mass is 15.0.